The van der Waals surface area contributed by atoms with E-state index in [1.807, 2.05) is 12.2 Å². The number of benzene rings is 1. The molecule has 9 atom stereocenters. The summed E-state index contributed by atoms with van der Waals surface area (Å²) in [7, 11) is 0. The molecule has 8 nitrogen and oxygen atoms in total. The summed E-state index contributed by atoms with van der Waals surface area (Å²) in [6.07, 6.45) is 7.93. The van der Waals surface area contributed by atoms with E-state index < -0.39 is 29.6 Å². The average molecular weight is 542 g/mol. The van der Waals surface area contributed by atoms with Crippen LogP contribution in [0, 0.1) is 23.7 Å². The third-order valence-corrected chi connectivity index (χ3v) is 9.75. The molecule has 5 aliphatic rings. The van der Waals surface area contributed by atoms with Gasteiger partial charge in [0.05, 0.1) is 24.0 Å². The molecule has 1 aromatic carbocycles. The Bertz CT molecular complexity index is 1140. The number of amides is 3. The summed E-state index contributed by atoms with van der Waals surface area (Å²) in [5.41, 5.74) is -0.577. The number of likely N-dealkylation sites (tertiary alicyclic amines) is 1. The van der Waals surface area contributed by atoms with Crippen molar-refractivity contribution in [3.63, 3.8) is 0 Å². The van der Waals surface area contributed by atoms with Crippen molar-refractivity contribution in [1.29, 1.82) is 0 Å². The van der Waals surface area contributed by atoms with E-state index in [2.05, 4.69) is 24.5 Å². The van der Waals surface area contributed by atoms with Gasteiger partial charge in [0.15, 0.2) is 0 Å². The van der Waals surface area contributed by atoms with Crippen LogP contribution in [-0.2, 0) is 23.9 Å². The largest absolute Gasteiger partial charge is 0.376 e. The fourth-order valence-corrected chi connectivity index (χ4v) is 7.40. The highest BCUT2D eigenvalue weighted by Gasteiger charge is 2.73. The molecule has 0 aromatic heterocycles. The van der Waals surface area contributed by atoms with Crippen LogP contribution in [0.15, 0.2) is 36.4 Å². The van der Waals surface area contributed by atoms with Crippen LogP contribution in [0.25, 0.3) is 0 Å². The van der Waals surface area contributed by atoms with Gasteiger partial charge in [0.25, 0.3) is 0 Å². The third kappa shape index (κ3) is 4.25. The number of rotatable bonds is 6. The molecule has 4 heterocycles. The average Bonchev–Trinajstić information content (AvgIpc) is 3.66. The minimum atomic E-state index is -1.17. The van der Waals surface area contributed by atoms with Crippen LogP contribution in [0.4, 0.5) is 5.69 Å². The van der Waals surface area contributed by atoms with Gasteiger partial charge < -0.3 is 25.0 Å². The zero-order valence-corrected chi connectivity index (χ0v) is 22.7. The van der Waals surface area contributed by atoms with Crippen LogP contribution in [0.1, 0.15) is 46.0 Å². The minimum absolute atomic E-state index is 0.0490. The van der Waals surface area contributed by atoms with Gasteiger partial charge in [0.2, 0.25) is 17.7 Å². The maximum Gasteiger partial charge on any atom is 0.246 e. The van der Waals surface area contributed by atoms with E-state index in [0.29, 0.717) is 35.7 Å². The first-order chi connectivity index (χ1) is 18.3. The number of fused-ring (bicyclic) bond motifs is 1. The van der Waals surface area contributed by atoms with Crippen molar-refractivity contribution in [2.24, 2.45) is 23.7 Å². The van der Waals surface area contributed by atoms with E-state index in [-0.39, 0.29) is 29.9 Å². The molecule has 2 bridgehead atoms. The van der Waals surface area contributed by atoms with Gasteiger partial charge in [-0.3, -0.25) is 14.4 Å². The number of hydrogen-bond acceptors (Lipinski definition) is 5. The van der Waals surface area contributed by atoms with Crippen LogP contribution >= 0.6 is 11.6 Å². The lowest BCUT2D eigenvalue weighted by Gasteiger charge is -2.38. The molecule has 0 unspecified atom stereocenters. The van der Waals surface area contributed by atoms with Crippen molar-refractivity contribution in [2.75, 3.05) is 18.5 Å². The molecular formula is C29H36ClN3O5. The van der Waals surface area contributed by atoms with Crippen molar-refractivity contribution in [1.82, 2.24) is 10.2 Å². The van der Waals surface area contributed by atoms with Crippen LogP contribution in [-0.4, -0.2) is 65.7 Å². The number of hydrogen-bond donors (Lipinski definition) is 2. The second kappa shape index (κ2) is 9.96. The number of carbonyl (C=O) groups excluding carboxylic acids is 3. The zero-order chi connectivity index (χ0) is 26.6. The van der Waals surface area contributed by atoms with Crippen LogP contribution in [0.3, 0.4) is 0 Å². The first-order valence-electron chi connectivity index (χ1n) is 13.9. The van der Waals surface area contributed by atoms with Gasteiger partial charge in [-0.25, -0.2) is 0 Å². The van der Waals surface area contributed by atoms with Gasteiger partial charge >= 0.3 is 0 Å². The Balaban J connectivity index is 1.29. The van der Waals surface area contributed by atoms with Gasteiger partial charge in [-0.15, -0.1) is 0 Å². The number of ether oxygens (including phenoxy) is 2. The molecule has 1 spiro atoms. The summed E-state index contributed by atoms with van der Waals surface area (Å²) < 4.78 is 12.3. The normalized spacial score (nSPS) is 39.4. The van der Waals surface area contributed by atoms with Crippen molar-refractivity contribution in [2.45, 2.75) is 75.8 Å². The van der Waals surface area contributed by atoms with Crippen molar-refractivity contribution >= 4 is 35.0 Å². The van der Waals surface area contributed by atoms with Crippen LogP contribution in [0.2, 0.25) is 5.02 Å². The summed E-state index contributed by atoms with van der Waals surface area (Å²) in [6, 6.07) is 6.06. The number of carbonyl (C=O) groups is 3. The van der Waals surface area contributed by atoms with E-state index >= 15 is 0 Å². The van der Waals surface area contributed by atoms with E-state index in [1.165, 1.54) is 0 Å². The smallest absolute Gasteiger partial charge is 0.246 e. The highest BCUT2D eigenvalue weighted by atomic mass is 35.5. The second-order valence-corrected chi connectivity index (χ2v) is 12.1. The molecule has 4 aliphatic heterocycles. The Hall–Kier alpha value is -2.42. The quantitative estimate of drug-likeness (QED) is 0.537. The van der Waals surface area contributed by atoms with Gasteiger partial charge in [-0.2, -0.15) is 0 Å². The zero-order valence-electron chi connectivity index (χ0n) is 21.9. The standard InChI is InChI=1S/C29H36ClN3O5/c1-16-5-3-7-21(17(16)2)32-27(35)25-29-13-12-22(38-29)23(26(34)31-19-10-8-18(30)9-11-19)24(29)28(36)33(25)15-20-6-4-14-37-20/h8-13,16-17,20-25H,3-7,14-15H2,1-2H3,(H,31,34)(H,32,35)/t16-,17+,20+,21+,22-,23+,24-,25+,29+/m1/s1. The monoisotopic (exact) mass is 541 g/mol. The molecule has 204 valence electrons. The maximum absolute atomic E-state index is 14.1. The first kappa shape index (κ1) is 25.8. The Kier molecular flexibility index (Phi) is 6.77. The number of nitrogens with zero attached hydrogens (tertiary/aromatic N) is 1. The maximum atomic E-state index is 14.1. The summed E-state index contributed by atoms with van der Waals surface area (Å²) in [5, 5.41) is 6.79. The van der Waals surface area contributed by atoms with Gasteiger partial charge in [0, 0.05) is 29.9 Å². The lowest BCUT2D eigenvalue weighted by molar-refractivity contribution is -0.143. The molecule has 2 N–H and O–H groups in total. The van der Waals surface area contributed by atoms with Crippen LogP contribution in [0.5, 0.6) is 0 Å². The predicted molar refractivity (Wildman–Crippen MR) is 142 cm³/mol. The minimum Gasteiger partial charge on any atom is -0.376 e. The van der Waals surface area contributed by atoms with Gasteiger partial charge in [0.1, 0.15) is 11.6 Å². The Morgan fingerprint density at radius 1 is 1.11 bits per heavy atom. The summed E-state index contributed by atoms with van der Waals surface area (Å²) in [5.74, 6) is -1.35. The highest BCUT2D eigenvalue weighted by molar-refractivity contribution is 6.30. The molecule has 9 heteroatoms. The van der Waals surface area contributed by atoms with Crippen molar-refractivity contribution in [3.05, 3.63) is 41.4 Å². The van der Waals surface area contributed by atoms with Gasteiger partial charge in [-0.1, -0.05) is 50.4 Å². The van der Waals surface area contributed by atoms with Crippen molar-refractivity contribution in [3.8, 4) is 0 Å². The van der Waals surface area contributed by atoms with Crippen molar-refractivity contribution < 1.29 is 23.9 Å². The molecule has 1 saturated carbocycles. The SMILES string of the molecule is C[C@H]1[C@H](C)CCC[C@@H]1NC(=O)[C@@H]1N(C[C@@H]2CCCO2)C(=O)[C@H]2[C@@H](C(=O)Nc3ccc(Cl)cc3)[C@H]3C=C[C@@]12O3. The van der Waals surface area contributed by atoms with E-state index in [9.17, 15) is 14.4 Å². The highest BCUT2D eigenvalue weighted by Crippen LogP contribution is 2.55. The summed E-state index contributed by atoms with van der Waals surface area (Å²) in [4.78, 5) is 43.3. The molecule has 3 saturated heterocycles. The Labute approximate surface area is 228 Å². The molecule has 1 aliphatic carbocycles. The Morgan fingerprint density at radius 3 is 2.63 bits per heavy atom. The topological polar surface area (TPSA) is 97.0 Å². The van der Waals surface area contributed by atoms with Crippen LogP contribution < -0.4 is 10.6 Å². The number of halogens is 1. The molecule has 4 fully saturated rings. The predicted octanol–water partition coefficient (Wildman–Crippen LogP) is 3.55. The van der Waals surface area contributed by atoms with E-state index in [1.54, 1.807) is 29.2 Å². The molecule has 1 aromatic rings. The molecule has 38 heavy (non-hydrogen) atoms. The fraction of sp³-hybridized carbons (Fsp3) is 0.621. The summed E-state index contributed by atoms with van der Waals surface area (Å²) >= 11 is 6.00. The lowest BCUT2D eigenvalue weighted by Crippen LogP contribution is -2.58. The third-order valence-electron chi connectivity index (χ3n) is 9.50. The first-order valence-corrected chi connectivity index (χ1v) is 14.3. The molecule has 3 amide bonds. The van der Waals surface area contributed by atoms with E-state index in [0.717, 1.165) is 32.1 Å². The summed E-state index contributed by atoms with van der Waals surface area (Å²) in [6.45, 7) is 5.39. The van der Waals surface area contributed by atoms with E-state index in [4.69, 9.17) is 21.1 Å². The molecule has 0 radical (unpaired) electrons. The molecule has 6 rings (SSSR count). The number of anilines is 1. The Morgan fingerprint density at radius 2 is 1.89 bits per heavy atom. The van der Waals surface area contributed by atoms with Gasteiger partial charge in [-0.05, 0) is 55.4 Å². The lowest BCUT2D eigenvalue weighted by atomic mass is 9.73. The fourth-order valence-electron chi connectivity index (χ4n) is 7.28. The second-order valence-electron chi connectivity index (χ2n) is 11.7. The number of nitrogens with one attached hydrogen (secondary N) is 2. The molecular weight excluding hydrogens is 506 g/mol.